The van der Waals surface area contributed by atoms with Crippen molar-refractivity contribution >= 4 is 17.5 Å². The van der Waals surface area contributed by atoms with Crippen molar-refractivity contribution < 1.29 is 14.3 Å². The van der Waals surface area contributed by atoms with Gasteiger partial charge in [-0.05, 0) is 43.2 Å². The second-order valence-electron chi connectivity index (χ2n) is 7.45. The van der Waals surface area contributed by atoms with E-state index in [0.29, 0.717) is 50.6 Å². The molecule has 2 aromatic carbocycles. The van der Waals surface area contributed by atoms with E-state index < -0.39 is 0 Å². The molecule has 4 rings (SSSR count). The molecule has 1 saturated heterocycles. The lowest BCUT2D eigenvalue weighted by atomic mass is 10.1. The molecular formula is C23H27N3O3. The summed E-state index contributed by atoms with van der Waals surface area (Å²) in [5, 5.41) is 0. The van der Waals surface area contributed by atoms with Gasteiger partial charge in [0.05, 0.1) is 13.2 Å². The molecule has 0 atom stereocenters. The Morgan fingerprint density at radius 2 is 1.76 bits per heavy atom. The molecule has 0 spiro atoms. The van der Waals surface area contributed by atoms with Crippen molar-refractivity contribution in [3.63, 3.8) is 0 Å². The predicted molar refractivity (Wildman–Crippen MR) is 112 cm³/mol. The van der Waals surface area contributed by atoms with Gasteiger partial charge in [-0.3, -0.25) is 14.5 Å². The molecule has 6 heteroatoms. The van der Waals surface area contributed by atoms with Crippen LogP contribution in [0.5, 0.6) is 5.75 Å². The minimum atomic E-state index is 0.0194. The zero-order valence-electron chi connectivity index (χ0n) is 16.8. The van der Waals surface area contributed by atoms with Crippen LogP contribution < -0.4 is 9.64 Å². The van der Waals surface area contributed by atoms with E-state index in [1.807, 2.05) is 53.1 Å². The highest BCUT2D eigenvalue weighted by molar-refractivity contribution is 5.97. The van der Waals surface area contributed by atoms with Crippen LogP contribution in [0.3, 0.4) is 0 Å². The lowest BCUT2D eigenvalue weighted by Crippen LogP contribution is -2.51. The van der Waals surface area contributed by atoms with Gasteiger partial charge in [0.25, 0.3) is 5.91 Å². The van der Waals surface area contributed by atoms with E-state index in [1.54, 1.807) is 6.07 Å². The van der Waals surface area contributed by atoms with Gasteiger partial charge in [-0.15, -0.1) is 0 Å². The summed E-state index contributed by atoms with van der Waals surface area (Å²) >= 11 is 0. The SMILES string of the molecule is CCOc1cccc(C(=O)N2CCN(CC(=O)N3CCc4ccccc43)CC2)c1. The van der Waals surface area contributed by atoms with E-state index in [0.717, 1.165) is 18.7 Å². The van der Waals surface area contributed by atoms with Gasteiger partial charge in [0, 0.05) is 44.0 Å². The van der Waals surface area contributed by atoms with E-state index in [2.05, 4.69) is 11.0 Å². The Balaban J connectivity index is 1.31. The van der Waals surface area contributed by atoms with Crippen molar-refractivity contribution in [3.8, 4) is 5.75 Å². The van der Waals surface area contributed by atoms with Crippen molar-refractivity contribution in [2.24, 2.45) is 0 Å². The van der Waals surface area contributed by atoms with Crippen molar-refractivity contribution in [2.45, 2.75) is 13.3 Å². The summed E-state index contributed by atoms with van der Waals surface area (Å²) in [6, 6.07) is 15.4. The molecule has 2 aromatic rings. The number of hydrogen-bond donors (Lipinski definition) is 0. The van der Waals surface area contributed by atoms with Gasteiger partial charge in [-0.1, -0.05) is 24.3 Å². The summed E-state index contributed by atoms with van der Waals surface area (Å²) in [7, 11) is 0. The zero-order chi connectivity index (χ0) is 20.2. The van der Waals surface area contributed by atoms with Crippen molar-refractivity contribution in [2.75, 3.05) is 50.8 Å². The van der Waals surface area contributed by atoms with Gasteiger partial charge in [0.2, 0.25) is 5.91 Å². The zero-order valence-corrected chi connectivity index (χ0v) is 16.8. The molecule has 0 unspecified atom stereocenters. The number of hydrogen-bond acceptors (Lipinski definition) is 4. The average molecular weight is 393 g/mol. The fourth-order valence-corrected chi connectivity index (χ4v) is 4.05. The number of anilines is 1. The first-order valence-electron chi connectivity index (χ1n) is 10.3. The molecule has 1 fully saturated rings. The molecule has 0 radical (unpaired) electrons. The summed E-state index contributed by atoms with van der Waals surface area (Å²) in [5.41, 5.74) is 2.93. The van der Waals surface area contributed by atoms with Crippen molar-refractivity contribution in [3.05, 3.63) is 59.7 Å². The number of carbonyl (C=O) groups is 2. The van der Waals surface area contributed by atoms with Crippen LogP contribution in [0, 0.1) is 0 Å². The topological polar surface area (TPSA) is 53.1 Å². The first-order chi connectivity index (χ1) is 14.2. The molecule has 2 amide bonds. The Morgan fingerprint density at radius 3 is 2.55 bits per heavy atom. The number of nitrogens with zero attached hydrogens (tertiary/aromatic N) is 3. The van der Waals surface area contributed by atoms with Gasteiger partial charge in [-0.25, -0.2) is 0 Å². The third kappa shape index (κ3) is 4.27. The molecular weight excluding hydrogens is 366 g/mol. The summed E-state index contributed by atoms with van der Waals surface area (Å²) in [6.45, 7) is 6.32. The average Bonchev–Trinajstić information content (AvgIpc) is 3.19. The number of rotatable bonds is 5. The number of fused-ring (bicyclic) bond motifs is 1. The van der Waals surface area contributed by atoms with Crippen LogP contribution in [0.1, 0.15) is 22.8 Å². The van der Waals surface area contributed by atoms with Crippen LogP contribution in [-0.2, 0) is 11.2 Å². The third-order valence-electron chi connectivity index (χ3n) is 5.60. The number of carbonyl (C=O) groups excluding carboxylic acids is 2. The highest BCUT2D eigenvalue weighted by Crippen LogP contribution is 2.27. The number of benzene rings is 2. The second-order valence-corrected chi connectivity index (χ2v) is 7.45. The molecule has 6 nitrogen and oxygen atoms in total. The molecule has 152 valence electrons. The van der Waals surface area contributed by atoms with E-state index >= 15 is 0 Å². The molecule has 0 aliphatic carbocycles. The Morgan fingerprint density at radius 1 is 0.966 bits per heavy atom. The summed E-state index contributed by atoms with van der Waals surface area (Å²) in [4.78, 5) is 31.5. The summed E-state index contributed by atoms with van der Waals surface area (Å²) < 4.78 is 5.50. The molecule has 0 bridgehead atoms. The number of para-hydroxylation sites is 1. The van der Waals surface area contributed by atoms with Gasteiger partial charge in [0.1, 0.15) is 5.75 Å². The van der Waals surface area contributed by atoms with Crippen LogP contribution in [0.25, 0.3) is 0 Å². The predicted octanol–water partition coefficient (Wildman–Crippen LogP) is 2.43. The van der Waals surface area contributed by atoms with Crippen molar-refractivity contribution in [1.82, 2.24) is 9.80 Å². The largest absolute Gasteiger partial charge is 0.494 e. The second kappa shape index (κ2) is 8.66. The Kier molecular flexibility index (Phi) is 5.81. The maximum Gasteiger partial charge on any atom is 0.254 e. The molecule has 29 heavy (non-hydrogen) atoms. The van der Waals surface area contributed by atoms with Crippen LogP contribution in [-0.4, -0.2) is 67.5 Å². The molecule has 0 aromatic heterocycles. The van der Waals surface area contributed by atoms with E-state index in [-0.39, 0.29) is 11.8 Å². The Labute approximate surface area is 171 Å². The molecule has 2 heterocycles. The maximum atomic E-state index is 12.8. The first-order valence-corrected chi connectivity index (χ1v) is 10.3. The normalized spacial score (nSPS) is 16.6. The van der Waals surface area contributed by atoms with E-state index in [1.165, 1.54) is 5.56 Å². The number of ether oxygens (including phenoxy) is 1. The van der Waals surface area contributed by atoms with Crippen molar-refractivity contribution in [1.29, 1.82) is 0 Å². The number of piperazine rings is 1. The van der Waals surface area contributed by atoms with E-state index in [9.17, 15) is 9.59 Å². The number of amides is 2. The van der Waals surface area contributed by atoms with Gasteiger partial charge in [-0.2, -0.15) is 0 Å². The molecule has 0 saturated carbocycles. The quantitative estimate of drug-likeness (QED) is 0.783. The van der Waals surface area contributed by atoms with E-state index in [4.69, 9.17) is 4.74 Å². The van der Waals surface area contributed by atoms with Gasteiger partial charge in [0.15, 0.2) is 0 Å². The maximum absolute atomic E-state index is 12.8. The summed E-state index contributed by atoms with van der Waals surface area (Å²) in [6.07, 6.45) is 0.922. The lowest BCUT2D eigenvalue weighted by Gasteiger charge is -2.35. The van der Waals surface area contributed by atoms with Gasteiger partial charge >= 0.3 is 0 Å². The minimum Gasteiger partial charge on any atom is -0.494 e. The molecule has 2 aliphatic heterocycles. The van der Waals surface area contributed by atoms with Crippen LogP contribution in [0.4, 0.5) is 5.69 Å². The smallest absolute Gasteiger partial charge is 0.254 e. The highest BCUT2D eigenvalue weighted by atomic mass is 16.5. The van der Waals surface area contributed by atoms with Gasteiger partial charge < -0.3 is 14.5 Å². The van der Waals surface area contributed by atoms with Crippen LogP contribution in [0.2, 0.25) is 0 Å². The van der Waals surface area contributed by atoms with Crippen LogP contribution >= 0.6 is 0 Å². The highest BCUT2D eigenvalue weighted by Gasteiger charge is 2.28. The minimum absolute atomic E-state index is 0.0194. The molecule has 0 N–H and O–H groups in total. The van der Waals surface area contributed by atoms with Crippen LogP contribution in [0.15, 0.2) is 48.5 Å². The lowest BCUT2D eigenvalue weighted by molar-refractivity contribution is -0.120. The standard InChI is InChI=1S/C23H27N3O3/c1-2-29-20-8-5-7-19(16-20)23(28)25-14-12-24(13-15-25)17-22(27)26-11-10-18-6-3-4-9-21(18)26/h3-9,16H,2,10-15,17H2,1H3. The third-order valence-corrected chi connectivity index (χ3v) is 5.60. The Bertz CT molecular complexity index is 890. The first kappa shape index (κ1) is 19.5. The fraction of sp³-hybridized carbons (Fsp3) is 0.391. The fourth-order valence-electron chi connectivity index (χ4n) is 4.05. The monoisotopic (exact) mass is 393 g/mol. The Hall–Kier alpha value is -2.86. The molecule has 2 aliphatic rings. The summed E-state index contributed by atoms with van der Waals surface area (Å²) in [5.74, 6) is 0.874.